The van der Waals surface area contributed by atoms with Crippen molar-refractivity contribution in [1.29, 1.82) is 0 Å². The smallest absolute Gasteiger partial charge is 0.356 e. The predicted molar refractivity (Wildman–Crippen MR) is 82.6 cm³/mol. The van der Waals surface area contributed by atoms with Crippen molar-refractivity contribution in [1.82, 2.24) is 14.3 Å². The second-order valence-electron chi connectivity index (χ2n) is 4.92. The van der Waals surface area contributed by atoms with Crippen LogP contribution in [0.1, 0.15) is 21.7 Å². The van der Waals surface area contributed by atoms with Gasteiger partial charge in [-0.15, -0.1) is 13.2 Å². The van der Waals surface area contributed by atoms with Crippen molar-refractivity contribution in [2.75, 3.05) is 13.1 Å². The summed E-state index contributed by atoms with van der Waals surface area (Å²) in [6, 6.07) is 3.82. The molecule has 0 unspecified atom stereocenters. The van der Waals surface area contributed by atoms with Crippen molar-refractivity contribution in [2.45, 2.75) is 13.5 Å². The van der Waals surface area contributed by atoms with Gasteiger partial charge >= 0.3 is 5.97 Å². The normalized spacial score (nSPS) is 11.0. The SMILES string of the molecule is C=CCN(CC=C)Cc1c(C(=O)O)nc2cc(C)ccn12. The highest BCUT2D eigenvalue weighted by Crippen LogP contribution is 2.16. The number of hydrogen-bond donors (Lipinski definition) is 1. The maximum Gasteiger partial charge on any atom is 0.356 e. The van der Waals surface area contributed by atoms with Crippen LogP contribution in [0.4, 0.5) is 0 Å². The third kappa shape index (κ3) is 3.20. The number of carboxylic acid groups (broad SMARTS) is 1. The quantitative estimate of drug-likeness (QED) is 0.794. The van der Waals surface area contributed by atoms with Crippen LogP contribution in [-0.4, -0.2) is 38.4 Å². The van der Waals surface area contributed by atoms with Crippen LogP contribution in [0.3, 0.4) is 0 Å². The van der Waals surface area contributed by atoms with E-state index in [0.717, 1.165) is 5.56 Å². The van der Waals surface area contributed by atoms with Crippen molar-refractivity contribution in [2.24, 2.45) is 0 Å². The molecule has 0 spiro atoms. The summed E-state index contributed by atoms with van der Waals surface area (Å²) in [5, 5.41) is 9.37. The fraction of sp³-hybridized carbons (Fsp3) is 0.250. The number of nitrogens with zero attached hydrogens (tertiary/aromatic N) is 3. The van der Waals surface area contributed by atoms with E-state index in [1.165, 1.54) is 0 Å². The number of aryl methyl sites for hydroxylation is 1. The lowest BCUT2D eigenvalue weighted by molar-refractivity contribution is 0.0688. The highest BCUT2D eigenvalue weighted by molar-refractivity contribution is 5.88. The zero-order valence-electron chi connectivity index (χ0n) is 12.1. The first-order valence-electron chi connectivity index (χ1n) is 6.71. The molecule has 2 aromatic heterocycles. The van der Waals surface area contributed by atoms with Gasteiger partial charge in [-0.25, -0.2) is 9.78 Å². The number of aromatic nitrogens is 2. The Kier molecular flexibility index (Phi) is 4.55. The van der Waals surface area contributed by atoms with Crippen LogP contribution in [0.15, 0.2) is 43.6 Å². The largest absolute Gasteiger partial charge is 0.476 e. The van der Waals surface area contributed by atoms with Gasteiger partial charge in [0.25, 0.3) is 0 Å². The molecular formula is C16H19N3O2. The van der Waals surface area contributed by atoms with E-state index in [1.807, 2.05) is 29.7 Å². The molecule has 0 aliphatic heterocycles. The van der Waals surface area contributed by atoms with Gasteiger partial charge < -0.3 is 9.51 Å². The molecule has 2 rings (SSSR count). The number of pyridine rings is 1. The number of aromatic carboxylic acids is 1. The summed E-state index contributed by atoms with van der Waals surface area (Å²) in [4.78, 5) is 17.7. The Morgan fingerprint density at radius 3 is 2.67 bits per heavy atom. The van der Waals surface area contributed by atoms with Gasteiger partial charge in [-0.1, -0.05) is 12.2 Å². The van der Waals surface area contributed by atoms with Gasteiger partial charge in [-0.2, -0.15) is 0 Å². The number of rotatable bonds is 7. The molecule has 21 heavy (non-hydrogen) atoms. The van der Waals surface area contributed by atoms with Crippen LogP contribution in [0.5, 0.6) is 0 Å². The Morgan fingerprint density at radius 2 is 2.10 bits per heavy atom. The third-order valence-corrected chi connectivity index (χ3v) is 3.23. The first-order chi connectivity index (χ1) is 10.1. The lowest BCUT2D eigenvalue weighted by Gasteiger charge is -2.18. The molecule has 110 valence electrons. The second-order valence-corrected chi connectivity index (χ2v) is 4.92. The van der Waals surface area contributed by atoms with E-state index in [2.05, 4.69) is 23.0 Å². The van der Waals surface area contributed by atoms with Crippen molar-refractivity contribution in [3.8, 4) is 0 Å². The molecule has 5 heteroatoms. The van der Waals surface area contributed by atoms with Crippen LogP contribution in [-0.2, 0) is 6.54 Å². The summed E-state index contributed by atoms with van der Waals surface area (Å²) in [5.74, 6) is -1.01. The molecule has 0 radical (unpaired) electrons. The molecule has 5 nitrogen and oxygen atoms in total. The molecule has 0 aromatic carbocycles. The molecule has 0 saturated carbocycles. The Labute approximate surface area is 123 Å². The third-order valence-electron chi connectivity index (χ3n) is 3.23. The molecule has 0 saturated heterocycles. The van der Waals surface area contributed by atoms with Crippen LogP contribution in [0, 0.1) is 6.92 Å². The van der Waals surface area contributed by atoms with E-state index in [9.17, 15) is 9.90 Å². The average Bonchev–Trinajstić information content (AvgIpc) is 2.77. The minimum atomic E-state index is -1.01. The molecule has 0 aliphatic rings. The molecule has 1 N–H and O–H groups in total. The van der Waals surface area contributed by atoms with Gasteiger partial charge in [-0.3, -0.25) is 4.90 Å². The first kappa shape index (κ1) is 15.0. The van der Waals surface area contributed by atoms with Crippen molar-refractivity contribution < 1.29 is 9.90 Å². The fourth-order valence-corrected chi connectivity index (χ4v) is 2.30. The van der Waals surface area contributed by atoms with Crippen LogP contribution in [0.25, 0.3) is 5.65 Å². The Hall–Kier alpha value is -2.40. The predicted octanol–water partition coefficient (Wildman–Crippen LogP) is 2.51. The van der Waals surface area contributed by atoms with Crippen LogP contribution >= 0.6 is 0 Å². The van der Waals surface area contributed by atoms with Crippen molar-refractivity contribution >= 4 is 11.6 Å². The topological polar surface area (TPSA) is 57.8 Å². The molecule has 0 atom stereocenters. The van der Waals surface area contributed by atoms with Crippen molar-refractivity contribution in [3.05, 3.63) is 60.6 Å². The minimum absolute atomic E-state index is 0.0960. The summed E-state index contributed by atoms with van der Waals surface area (Å²) >= 11 is 0. The lowest BCUT2D eigenvalue weighted by atomic mass is 10.2. The van der Waals surface area contributed by atoms with Gasteiger partial charge in [-0.05, 0) is 24.6 Å². The molecule has 2 heterocycles. The van der Waals surface area contributed by atoms with Gasteiger partial charge in [0.15, 0.2) is 5.69 Å². The highest BCUT2D eigenvalue weighted by Gasteiger charge is 2.19. The summed E-state index contributed by atoms with van der Waals surface area (Å²) in [6.07, 6.45) is 5.44. The van der Waals surface area contributed by atoms with Gasteiger partial charge in [0.05, 0.1) is 5.69 Å². The monoisotopic (exact) mass is 285 g/mol. The van der Waals surface area contributed by atoms with E-state index >= 15 is 0 Å². The highest BCUT2D eigenvalue weighted by atomic mass is 16.4. The molecule has 2 aromatic rings. The summed E-state index contributed by atoms with van der Waals surface area (Å²) < 4.78 is 1.83. The minimum Gasteiger partial charge on any atom is -0.476 e. The summed E-state index contributed by atoms with van der Waals surface area (Å²) in [7, 11) is 0. The molecule has 0 amide bonds. The second kappa shape index (κ2) is 6.37. The van der Waals surface area contributed by atoms with Crippen LogP contribution in [0.2, 0.25) is 0 Å². The number of hydrogen-bond acceptors (Lipinski definition) is 3. The summed E-state index contributed by atoms with van der Waals surface area (Å²) in [6.45, 7) is 11.2. The lowest BCUT2D eigenvalue weighted by Crippen LogP contribution is -2.25. The maximum absolute atomic E-state index is 11.4. The molecular weight excluding hydrogens is 266 g/mol. The fourth-order valence-electron chi connectivity index (χ4n) is 2.30. The maximum atomic E-state index is 11.4. The average molecular weight is 285 g/mol. The van der Waals surface area contributed by atoms with Gasteiger partial charge in [0.1, 0.15) is 5.65 Å². The van der Waals surface area contributed by atoms with Crippen molar-refractivity contribution in [3.63, 3.8) is 0 Å². The number of carboxylic acids is 1. The molecule has 0 aliphatic carbocycles. The van der Waals surface area contributed by atoms with E-state index in [-0.39, 0.29) is 5.69 Å². The van der Waals surface area contributed by atoms with E-state index in [4.69, 9.17) is 0 Å². The Balaban J connectivity index is 2.48. The van der Waals surface area contributed by atoms with Gasteiger partial charge in [0, 0.05) is 25.8 Å². The summed E-state index contributed by atoms with van der Waals surface area (Å²) in [5.41, 5.74) is 2.46. The molecule has 0 bridgehead atoms. The first-order valence-corrected chi connectivity index (χ1v) is 6.71. The van der Waals surface area contributed by atoms with E-state index in [1.54, 1.807) is 12.2 Å². The van der Waals surface area contributed by atoms with Crippen LogP contribution < -0.4 is 0 Å². The van der Waals surface area contributed by atoms with Gasteiger partial charge in [0.2, 0.25) is 0 Å². The Bertz CT molecular complexity index is 678. The number of fused-ring (bicyclic) bond motifs is 1. The standard InChI is InChI=1S/C16H19N3O2/c1-4-7-18(8-5-2)11-13-15(16(20)21)17-14-10-12(3)6-9-19(13)14/h4-6,9-10H,1-2,7-8,11H2,3H3,(H,20,21). The number of carbonyl (C=O) groups is 1. The number of imidazole rings is 1. The van der Waals surface area contributed by atoms with E-state index in [0.29, 0.717) is 31.0 Å². The Morgan fingerprint density at radius 1 is 1.43 bits per heavy atom. The molecule has 0 fully saturated rings. The zero-order chi connectivity index (χ0) is 15.4. The van der Waals surface area contributed by atoms with E-state index < -0.39 is 5.97 Å². The zero-order valence-corrected chi connectivity index (χ0v) is 12.1.